The molecule has 0 aliphatic heterocycles. The number of benzene rings is 1. The van der Waals surface area contributed by atoms with Crippen LogP contribution in [0.5, 0.6) is 0 Å². The topological polar surface area (TPSA) is 66.9 Å². The normalized spacial score (nSPS) is 10.3. The summed E-state index contributed by atoms with van der Waals surface area (Å²) in [6.07, 6.45) is 0.894. The van der Waals surface area contributed by atoms with E-state index in [1.54, 1.807) is 7.05 Å². The summed E-state index contributed by atoms with van der Waals surface area (Å²) in [7, 11) is 1.79. The third-order valence-corrected chi connectivity index (χ3v) is 4.69. The predicted octanol–water partition coefficient (Wildman–Crippen LogP) is 2.87. The zero-order valence-electron chi connectivity index (χ0n) is 11.3. The molecule has 0 unspecified atom stereocenters. The van der Waals surface area contributed by atoms with Crippen LogP contribution in [0.4, 0.5) is 10.8 Å². The molecule has 2 aromatic rings. The molecule has 0 spiro atoms. The zero-order chi connectivity index (χ0) is 14.4. The number of nitrogens with zero attached hydrogens (tertiary/aromatic N) is 2. The molecule has 0 atom stereocenters. The quantitative estimate of drug-likeness (QED) is 0.803. The van der Waals surface area contributed by atoms with Crippen molar-refractivity contribution in [1.29, 1.82) is 0 Å². The molecular formula is C13H16N4OS2. The van der Waals surface area contributed by atoms with E-state index in [9.17, 15) is 4.79 Å². The number of carbonyl (C=O) groups excluding carboxylic acids is 1. The summed E-state index contributed by atoms with van der Waals surface area (Å²) in [5.74, 6) is 0.299. The largest absolute Gasteiger partial charge is 0.363 e. The molecule has 2 N–H and O–H groups in total. The lowest BCUT2D eigenvalue weighted by atomic mass is 10.1. The van der Waals surface area contributed by atoms with E-state index in [4.69, 9.17) is 0 Å². The first-order chi connectivity index (χ1) is 9.72. The second-order valence-electron chi connectivity index (χ2n) is 3.97. The molecule has 1 aromatic heterocycles. The summed E-state index contributed by atoms with van der Waals surface area (Å²) in [4.78, 5) is 11.9. The number of para-hydroxylation sites is 1. The summed E-state index contributed by atoms with van der Waals surface area (Å²) in [5, 5.41) is 14.5. The van der Waals surface area contributed by atoms with Gasteiger partial charge in [0.15, 0.2) is 4.34 Å². The van der Waals surface area contributed by atoms with Crippen molar-refractivity contribution >= 4 is 39.8 Å². The molecule has 0 saturated heterocycles. The van der Waals surface area contributed by atoms with E-state index in [1.807, 2.05) is 24.3 Å². The summed E-state index contributed by atoms with van der Waals surface area (Å²) >= 11 is 2.83. The number of carbonyl (C=O) groups is 1. The third-order valence-electron chi connectivity index (χ3n) is 2.62. The maximum absolute atomic E-state index is 11.9. The van der Waals surface area contributed by atoms with Gasteiger partial charge < -0.3 is 10.6 Å². The monoisotopic (exact) mass is 308 g/mol. The van der Waals surface area contributed by atoms with E-state index in [1.165, 1.54) is 23.1 Å². The maximum atomic E-state index is 11.9. The number of amides is 1. The van der Waals surface area contributed by atoms with Gasteiger partial charge in [-0.3, -0.25) is 4.79 Å². The molecule has 0 aliphatic rings. The molecule has 0 radical (unpaired) electrons. The second kappa shape index (κ2) is 7.25. The van der Waals surface area contributed by atoms with E-state index in [0.717, 1.165) is 27.1 Å². The molecule has 5 nitrogen and oxygen atoms in total. The number of hydrogen-bond acceptors (Lipinski definition) is 6. The number of thioether (sulfide) groups is 1. The summed E-state index contributed by atoms with van der Waals surface area (Å²) in [6, 6.07) is 7.84. The van der Waals surface area contributed by atoms with Gasteiger partial charge in [-0.1, -0.05) is 48.2 Å². The molecule has 2 rings (SSSR count). The molecule has 0 saturated carbocycles. The van der Waals surface area contributed by atoms with Crippen LogP contribution >= 0.6 is 23.1 Å². The highest BCUT2D eigenvalue weighted by molar-refractivity contribution is 8.01. The van der Waals surface area contributed by atoms with E-state index in [-0.39, 0.29) is 5.91 Å². The van der Waals surface area contributed by atoms with Crippen molar-refractivity contribution in [2.45, 2.75) is 17.7 Å². The fraction of sp³-hybridized carbons (Fsp3) is 0.308. The van der Waals surface area contributed by atoms with Crippen LogP contribution in [0.25, 0.3) is 0 Å². The Morgan fingerprint density at radius 3 is 2.85 bits per heavy atom. The average Bonchev–Trinajstić information content (AvgIpc) is 2.94. The van der Waals surface area contributed by atoms with Crippen LogP contribution in [-0.4, -0.2) is 28.9 Å². The van der Waals surface area contributed by atoms with Gasteiger partial charge in [0.2, 0.25) is 11.0 Å². The van der Waals surface area contributed by atoms with Crippen LogP contribution in [0.1, 0.15) is 12.5 Å². The molecule has 0 aliphatic carbocycles. The molecule has 1 heterocycles. The Kier molecular flexibility index (Phi) is 5.37. The van der Waals surface area contributed by atoms with E-state index < -0.39 is 0 Å². The first kappa shape index (κ1) is 14.8. The number of anilines is 2. The van der Waals surface area contributed by atoms with Crippen LogP contribution in [0.2, 0.25) is 0 Å². The molecule has 7 heteroatoms. The number of aryl methyl sites for hydroxylation is 1. The zero-order valence-corrected chi connectivity index (χ0v) is 13.0. The first-order valence-electron chi connectivity index (χ1n) is 6.24. The van der Waals surface area contributed by atoms with Crippen molar-refractivity contribution < 1.29 is 4.79 Å². The number of hydrogen-bond donors (Lipinski definition) is 2. The van der Waals surface area contributed by atoms with E-state index in [2.05, 4.69) is 27.8 Å². The van der Waals surface area contributed by atoms with Gasteiger partial charge in [0, 0.05) is 12.7 Å². The molecule has 1 amide bonds. The third kappa shape index (κ3) is 3.94. The van der Waals surface area contributed by atoms with Crippen LogP contribution in [-0.2, 0) is 11.2 Å². The van der Waals surface area contributed by atoms with Crippen molar-refractivity contribution in [3.05, 3.63) is 29.8 Å². The second-order valence-corrected chi connectivity index (χ2v) is 6.17. The highest BCUT2D eigenvalue weighted by Gasteiger charge is 2.09. The Labute approximate surface area is 126 Å². The minimum Gasteiger partial charge on any atom is -0.363 e. The SMILES string of the molecule is CCc1ccccc1NC(=O)CSc1nnc(NC)s1. The van der Waals surface area contributed by atoms with Crippen LogP contribution in [0, 0.1) is 0 Å². The minimum absolute atomic E-state index is 0.0305. The fourth-order valence-corrected chi connectivity index (χ4v) is 3.14. The number of nitrogens with one attached hydrogen (secondary N) is 2. The lowest BCUT2D eigenvalue weighted by Crippen LogP contribution is -2.15. The highest BCUT2D eigenvalue weighted by Crippen LogP contribution is 2.25. The standard InChI is InChI=1S/C13H16N4OS2/c1-3-9-6-4-5-7-10(9)15-11(18)8-19-13-17-16-12(14-2)20-13/h4-7H,3,8H2,1-2H3,(H,14,16)(H,15,18). The van der Waals surface area contributed by atoms with E-state index in [0.29, 0.717) is 5.75 Å². The Balaban J connectivity index is 1.89. The smallest absolute Gasteiger partial charge is 0.234 e. The van der Waals surface area contributed by atoms with Gasteiger partial charge in [-0.2, -0.15) is 0 Å². The molecule has 106 valence electrons. The minimum atomic E-state index is -0.0305. The molecule has 1 aromatic carbocycles. The summed E-state index contributed by atoms with van der Waals surface area (Å²) < 4.78 is 0.785. The van der Waals surface area contributed by atoms with Crippen molar-refractivity contribution in [2.24, 2.45) is 0 Å². The van der Waals surface area contributed by atoms with Gasteiger partial charge in [-0.05, 0) is 18.1 Å². The van der Waals surface area contributed by atoms with Gasteiger partial charge in [0.05, 0.1) is 5.75 Å². The van der Waals surface area contributed by atoms with Crippen molar-refractivity contribution in [3.63, 3.8) is 0 Å². The maximum Gasteiger partial charge on any atom is 0.234 e. The van der Waals surface area contributed by atoms with Crippen LogP contribution < -0.4 is 10.6 Å². The Bertz CT molecular complexity index is 585. The molecule has 0 fully saturated rings. The Morgan fingerprint density at radius 2 is 2.15 bits per heavy atom. The van der Waals surface area contributed by atoms with Crippen molar-refractivity contribution in [2.75, 3.05) is 23.4 Å². The Morgan fingerprint density at radius 1 is 1.35 bits per heavy atom. The van der Waals surface area contributed by atoms with Crippen LogP contribution in [0.15, 0.2) is 28.6 Å². The first-order valence-corrected chi connectivity index (χ1v) is 8.05. The number of rotatable bonds is 6. The van der Waals surface area contributed by atoms with Gasteiger partial charge in [0.25, 0.3) is 0 Å². The van der Waals surface area contributed by atoms with E-state index >= 15 is 0 Å². The molecule has 0 bridgehead atoms. The van der Waals surface area contributed by atoms with Gasteiger partial charge in [-0.25, -0.2) is 0 Å². The fourth-order valence-electron chi connectivity index (χ4n) is 1.63. The van der Waals surface area contributed by atoms with Crippen LogP contribution in [0.3, 0.4) is 0 Å². The highest BCUT2D eigenvalue weighted by atomic mass is 32.2. The van der Waals surface area contributed by atoms with Gasteiger partial charge in [-0.15, -0.1) is 10.2 Å². The number of aromatic nitrogens is 2. The predicted molar refractivity (Wildman–Crippen MR) is 84.6 cm³/mol. The van der Waals surface area contributed by atoms with Gasteiger partial charge >= 0.3 is 0 Å². The van der Waals surface area contributed by atoms with Gasteiger partial charge in [0.1, 0.15) is 0 Å². The molecular weight excluding hydrogens is 292 g/mol. The summed E-state index contributed by atoms with van der Waals surface area (Å²) in [5.41, 5.74) is 2.02. The Hall–Kier alpha value is -1.60. The average molecular weight is 308 g/mol. The van der Waals surface area contributed by atoms with Crippen molar-refractivity contribution in [3.8, 4) is 0 Å². The summed E-state index contributed by atoms with van der Waals surface area (Å²) in [6.45, 7) is 2.07. The lowest BCUT2D eigenvalue weighted by molar-refractivity contribution is -0.113. The van der Waals surface area contributed by atoms with Crippen molar-refractivity contribution in [1.82, 2.24) is 10.2 Å². The lowest BCUT2D eigenvalue weighted by Gasteiger charge is -2.08. The molecule has 20 heavy (non-hydrogen) atoms.